The maximum Gasteiger partial charge on any atom is 0.191 e. The predicted octanol–water partition coefficient (Wildman–Crippen LogP) is 3.42. The maximum atomic E-state index is 4.30. The molecule has 0 amide bonds. The minimum absolute atomic E-state index is 0. The van der Waals surface area contributed by atoms with Crippen LogP contribution < -0.4 is 10.6 Å². The van der Waals surface area contributed by atoms with Crippen molar-refractivity contribution in [1.29, 1.82) is 0 Å². The van der Waals surface area contributed by atoms with E-state index >= 15 is 0 Å². The van der Waals surface area contributed by atoms with Crippen LogP contribution in [0.2, 0.25) is 0 Å². The quantitative estimate of drug-likeness (QED) is 0.210. The van der Waals surface area contributed by atoms with Gasteiger partial charge in [0.1, 0.15) is 0 Å². The minimum Gasteiger partial charge on any atom is -0.356 e. The van der Waals surface area contributed by atoms with E-state index < -0.39 is 0 Å². The van der Waals surface area contributed by atoms with Gasteiger partial charge in [0.25, 0.3) is 0 Å². The van der Waals surface area contributed by atoms with Crippen molar-refractivity contribution in [2.45, 2.75) is 52.5 Å². The normalized spacial score (nSPS) is 12.9. The molecule has 2 N–H and O–H groups in total. The second-order valence-corrected chi connectivity index (χ2v) is 6.40. The number of rotatable bonds is 12. The van der Waals surface area contributed by atoms with Crippen molar-refractivity contribution in [1.82, 2.24) is 15.5 Å². The Morgan fingerprint density at radius 3 is 2.41 bits per heavy atom. The lowest BCUT2D eigenvalue weighted by molar-refractivity contribution is 0.292. The number of unbranched alkanes of at least 4 members (excludes halogenated alkanes) is 1. The number of aliphatic imine (C=N–C) groups is 1. The molecule has 0 aromatic rings. The average molecular weight is 444 g/mol. The van der Waals surface area contributed by atoms with Gasteiger partial charge < -0.3 is 15.5 Å². The van der Waals surface area contributed by atoms with Gasteiger partial charge in [0.2, 0.25) is 0 Å². The molecule has 0 aliphatic carbocycles. The van der Waals surface area contributed by atoms with E-state index in [2.05, 4.69) is 47.6 Å². The van der Waals surface area contributed by atoms with E-state index in [0.29, 0.717) is 6.04 Å². The first-order valence-corrected chi connectivity index (χ1v) is 9.75. The Kier molecular flexibility index (Phi) is 19.7. The summed E-state index contributed by atoms with van der Waals surface area (Å²) < 4.78 is 0. The summed E-state index contributed by atoms with van der Waals surface area (Å²) in [4.78, 5) is 6.78. The summed E-state index contributed by atoms with van der Waals surface area (Å²) in [6.45, 7) is 11.2. The van der Waals surface area contributed by atoms with E-state index in [0.717, 1.165) is 25.6 Å². The van der Waals surface area contributed by atoms with Crippen molar-refractivity contribution in [3.05, 3.63) is 0 Å². The molecular weight excluding hydrogens is 407 g/mol. The lowest BCUT2D eigenvalue weighted by Gasteiger charge is -2.21. The molecule has 0 fully saturated rings. The molecule has 0 aromatic heterocycles. The zero-order chi connectivity index (χ0) is 15.9. The van der Waals surface area contributed by atoms with Crippen LogP contribution in [-0.4, -0.2) is 62.1 Å². The number of nitrogens with one attached hydrogen (secondary N) is 2. The van der Waals surface area contributed by atoms with Crippen LogP contribution >= 0.6 is 35.7 Å². The van der Waals surface area contributed by atoms with Crippen molar-refractivity contribution in [2.75, 3.05) is 45.2 Å². The molecule has 0 heterocycles. The molecule has 0 rings (SSSR count). The summed E-state index contributed by atoms with van der Waals surface area (Å²) in [5.41, 5.74) is 0. The zero-order valence-corrected chi connectivity index (χ0v) is 18.3. The summed E-state index contributed by atoms with van der Waals surface area (Å²) in [6, 6.07) is 0.470. The molecule has 0 aliphatic heterocycles. The van der Waals surface area contributed by atoms with Gasteiger partial charge in [-0.15, -0.1) is 24.0 Å². The number of guanidine groups is 1. The second-order valence-electron chi connectivity index (χ2n) is 5.41. The highest BCUT2D eigenvalue weighted by Crippen LogP contribution is 2.00. The summed E-state index contributed by atoms with van der Waals surface area (Å²) in [6.07, 6.45) is 7.06. The van der Waals surface area contributed by atoms with Crippen molar-refractivity contribution in [2.24, 2.45) is 4.99 Å². The highest BCUT2D eigenvalue weighted by atomic mass is 127. The zero-order valence-electron chi connectivity index (χ0n) is 15.2. The molecule has 0 aromatic carbocycles. The van der Waals surface area contributed by atoms with Gasteiger partial charge in [-0.25, -0.2) is 0 Å². The molecule has 0 saturated heterocycles. The lowest BCUT2D eigenvalue weighted by Crippen LogP contribution is -2.42. The van der Waals surface area contributed by atoms with Gasteiger partial charge in [-0.2, -0.15) is 11.8 Å². The number of hydrogen-bond donors (Lipinski definition) is 2. The Hall–Kier alpha value is 0.310. The van der Waals surface area contributed by atoms with Crippen LogP contribution in [0.15, 0.2) is 4.99 Å². The smallest absolute Gasteiger partial charge is 0.191 e. The van der Waals surface area contributed by atoms with Gasteiger partial charge >= 0.3 is 0 Å². The molecule has 0 spiro atoms. The number of nitrogens with zero attached hydrogens (tertiary/aromatic N) is 2. The van der Waals surface area contributed by atoms with Gasteiger partial charge in [0.15, 0.2) is 5.96 Å². The Balaban J connectivity index is 0. The van der Waals surface area contributed by atoms with Crippen molar-refractivity contribution >= 4 is 41.7 Å². The molecule has 134 valence electrons. The number of halogens is 1. The topological polar surface area (TPSA) is 39.7 Å². The SMILES string of the molecule is CCN(CC)CCCC(C)NC(=NC)NCCCCSC.I. The Morgan fingerprint density at radius 2 is 1.86 bits per heavy atom. The van der Waals surface area contributed by atoms with Crippen LogP contribution in [0, 0.1) is 0 Å². The Labute approximate surface area is 159 Å². The standard InChI is InChI=1S/C16H36N4S.HI/c1-6-20(7-2)13-10-11-15(3)19-16(17-4)18-12-8-9-14-21-5;/h15H,6-14H2,1-5H3,(H2,17,18,19);1H. The van der Waals surface area contributed by atoms with Gasteiger partial charge in [0.05, 0.1) is 0 Å². The number of hydrogen-bond acceptors (Lipinski definition) is 3. The van der Waals surface area contributed by atoms with Crippen LogP contribution in [0.3, 0.4) is 0 Å². The fourth-order valence-corrected chi connectivity index (χ4v) is 2.73. The molecule has 1 atom stereocenters. The third-order valence-corrected chi connectivity index (χ3v) is 4.38. The third-order valence-electron chi connectivity index (χ3n) is 3.68. The molecule has 4 nitrogen and oxygen atoms in total. The van der Waals surface area contributed by atoms with Crippen molar-refractivity contribution in [3.8, 4) is 0 Å². The van der Waals surface area contributed by atoms with E-state index in [-0.39, 0.29) is 24.0 Å². The molecule has 0 saturated carbocycles. The highest BCUT2D eigenvalue weighted by molar-refractivity contribution is 14.0. The van der Waals surface area contributed by atoms with Crippen LogP contribution in [0.4, 0.5) is 0 Å². The van der Waals surface area contributed by atoms with Crippen LogP contribution in [0.1, 0.15) is 46.5 Å². The summed E-state index contributed by atoms with van der Waals surface area (Å²) >= 11 is 1.91. The van der Waals surface area contributed by atoms with E-state index in [9.17, 15) is 0 Å². The molecule has 1 unspecified atom stereocenters. The van der Waals surface area contributed by atoms with E-state index in [4.69, 9.17) is 0 Å². The first kappa shape index (κ1) is 24.6. The maximum absolute atomic E-state index is 4.30. The fourth-order valence-electron chi connectivity index (χ4n) is 2.24. The molecule has 0 radical (unpaired) electrons. The van der Waals surface area contributed by atoms with E-state index in [1.165, 1.54) is 38.0 Å². The monoisotopic (exact) mass is 444 g/mol. The van der Waals surface area contributed by atoms with Gasteiger partial charge in [-0.05, 0) is 64.2 Å². The van der Waals surface area contributed by atoms with E-state index in [1.54, 1.807) is 0 Å². The fraction of sp³-hybridized carbons (Fsp3) is 0.938. The first-order valence-electron chi connectivity index (χ1n) is 8.36. The molecule has 0 bridgehead atoms. The molecule has 0 aliphatic rings. The minimum atomic E-state index is 0. The largest absolute Gasteiger partial charge is 0.356 e. The Morgan fingerprint density at radius 1 is 1.18 bits per heavy atom. The van der Waals surface area contributed by atoms with Crippen molar-refractivity contribution < 1.29 is 0 Å². The average Bonchev–Trinajstić information content (AvgIpc) is 2.50. The highest BCUT2D eigenvalue weighted by Gasteiger charge is 2.06. The predicted molar refractivity (Wildman–Crippen MR) is 114 cm³/mol. The van der Waals surface area contributed by atoms with Crippen molar-refractivity contribution in [3.63, 3.8) is 0 Å². The van der Waals surface area contributed by atoms with Crippen LogP contribution in [0.5, 0.6) is 0 Å². The van der Waals surface area contributed by atoms with E-state index in [1.807, 2.05) is 18.8 Å². The summed E-state index contributed by atoms with van der Waals surface area (Å²) in [5.74, 6) is 2.18. The lowest BCUT2D eigenvalue weighted by atomic mass is 10.2. The number of thioether (sulfide) groups is 1. The molecular formula is C16H37IN4S. The van der Waals surface area contributed by atoms with Gasteiger partial charge in [-0.3, -0.25) is 4.99 Å². The summed E-state index contributed by atoms with van der Waals surface area (Å²) in [7, 11) is 1.85. The van der Waals surface area contributed by atoms with Gasteiger partial charge in [0, 0.05) is 19.6 Å². The molecule has 22 heavy (non-hydrogen) atoms. The third kappa shape index (κ3) is 13.9. The second kappa shape index (κ2) is 17.7. The van der Waals surface area contributed by atoms with Gasteiger partial charge in [-0.1, -0.05) is 13.8 Å². The van der Waals surface area contributed by atoms with Crippen LogP contribution in [0.25, 0.3) is 0 Å². The Bertz CT molecular complexity index is 261. The summed E-state index contributed by atoms with van der Waals surface area (Å²) in [5, 5.41) is 6.88. The molecule has 6 heteroatoms. The first-order chi connectivity index (χ1) is 10.2. The van der Waals surface area contributed by atoms with Crippen LogP contribution in [-0.2, 0) is 0 Å².